The number of methoxy groups -OCH3 is 1. The number of aromatic nitrogens is 2. The third-order valence-electron chi connectivity index (χ3n) is 5.00. The smallest absolute Gasteiger partial charge is 0.312 e. The average molecular weight is 489 g/mol. The van der Waals surface area contributed by atoms with E-state index >= 15 is 0 Å². The molecular weight excluding hydrogens is 464 g/mol. The van der Waals surface area contributed by atoms with E-state index in [1.54, 1.807) is 25.4 Å². The van der Waals surface area contributed by atoms with Crippen molar-refractivity contribution in [2.75, 3.05) is 12.4 Å². The first-order valence-electron chi connectivity index (χ1n) is 10.7. The molecule has 0 aliphatic rings. The molecule has 0 aliphatic carbocycles. The molecule has 2 aromatic carbocycles. The number of nitrogens with zero attached hydrogens (tertiary/aromatic N) is 2. The highest BCUT2D eigenvalue weighted by Gasteiger charge is 2.12. The van der Waals surface area contributed by atoms with Crippen molar-refractivity contribution in [2.24, 2.45) is 5.73 Å². The van der Waals surface area contributed by atoms with Crippen molar-refractivity contribution >= 4 is 34.9 Å². The number of primary amides is 1. The maximum atomic E-state index is 12.6. The molecule has 9 nitrogen and oxygen atoms in total. The number of ether oxygens (including phenoxy) is 1. The summed E-state index contributed by atoms with van der Waals surface area (Å²) in [6.45, 7) is 0.762. The first kappa shape index (κ1) is 23.7. The van der Waals surface area contributed by atoms with Crippen molar-refractivity contribution < 1.29 is 14.3 Å². The van der Waals surface area contributed by atoms with Crippen molar-refractivity contribution in [1.82, 2.24) is 20.6 Å². The number of thiophene rings is 1. The van der Waals surface area contributed by atoms with Gasteiger partial charge in [0.15, 0.2) is 0 Å². The second-order valence-electron chi connectivity index (χ2n) is 7.50. The van der Waals surface area contributed by atoms with Gasteiger partial charge in [-0.25, -0.2) is 14.8 Å². The van der Waals surface area contributed by atoms with Crippen LogP contribution in [0.4, 0.5) is 16.4 Å². The van der Waals surface area contributed by atoms with Crippen LogP contribution in [0.5, 0.6) is 5.75 Å². The third kappa shape index (κ3) is 6.55. The molecule has 4 rings (SSSR count). The van der Waals surface area contributed by atoms with E-state index in [0.717, 1.165) is 27.4 Å². The van der Waals surface area contributed by atoms with Gasteiger partial charge in [0, 0.05) is 25.0 Å². The van der Waals surface area contributed by atoms with Crippen LogP contribution in [0.15, 0.2) is 72.9 Å². The van der Waals surface area contributed by atoms with E-state index in [1.165, 1.54) is 11.3 Å². The Morgan fingerprint density at radius 1 is 0.971 bits per heavy atom. The van der Waals surface area contributed by atoms with Gasteiger partial charge in [0.1, 0.15) is 5.75 Å². The Balaban J connectivity index is 1.38. The summed E-state index contributed by atoms with van der Waals surface area (Å²) in [5.41, 5.74) is 8.48. The summed E-state index contributed by atoms with van der Waals surface area (Å²) in [5.74, 6) is 1.03. The number of carbonyl (C=O) groups is 2. The second-order valence-corrected chi connectivity index (χ2v) is 8.59. The Morgan fingerprint density at radius 3 is 2.54 bits per heavy atom. The van der Waals surface area contributed by atoms with Gasteiger partial charge in [-0.3, -0.25) is 4.79 Å². The largest absolute Gasteiger partial charge is 0.497 e. The summed E-state index contributed by atoms with van der Waals surface area (Å²) in [4.78, 5) is 33.8. The number of nitrogens with one attached hydrogen (secondary N) is 3. The molecule has 0 unspecified atom stereocenters. The molecule has 0 aliphatic heterocycles. The van der Waals surface area contributed by atoms with Crippen LogP contribution in [0.2, 0.25) is 0 Å². The molecule has 0 atom stereocenters. The molecule has 0 bridgehead atoms. The Bertz CT molecular complexity index is 1320. The molecule has 2 heterocycles. The maximum absolute atomic E-state index is 12.6. The minimum Gasteiger partial charge on any atom is -0.497 e. The zero-order chi connectivity index (χ0) is 24.6. The first-order chi connectivity index (χ1) is 17.0. The van der Waals surface area contributed by atoms with Crippen molar-refractivity contribution in [3.63, 3.8) is 0 Å². The number of anilines is 2. The summed E-state index contributed by atoms with van der Waals surface area (Å²) in [6.07, 6.45) is 1.66. The number of nitrogens with two attached hydrogens (primary N) is 1. The Labute approximate surface area is 206 Å². The van der Waals surface area contributed by atoms with Gasteiger partial charge in [-0.2, -0.15) is 0 Å². The fourth-order valence-electron chi connectivity index (χ4n) is 3.23. The fraction of sp³-hybridized carbons (Fsp3) is 0.120. The predicted molar refractivity (Wildman–Crippen MR) is 136 cm³/mol. The topological polar surface area (TPSA) is 131 Å². The number of benzene rings is 2. The fourth-order valence-corrected chi connectivity index (χ4v) is 4.12. The standard InChI is InChI=1S/C25H24N6O3S/c1-34-19-4-2-3-17(13-19)15-28-23(32)22-10-9-21(35-22)20-11-12-27-25(31-20)30-18-7-5-16(6-8-18)14-29-24(26)33/h2-13H,14-15H2,1H3,(H,28,32)(H3,26,29,33)(H,27,30,31). The molecule has 0 spiro atoms. The molecule has 0 saturated heterocycles. The molecular formula is C25H24N6O3S. The molecule has 10 heteroatoms. The van der Waals surface area contributed by atoms with Crippen molar-refractivity contribution in [3.05, 3.63) is 88.9 Å². The van der Waals surface area contributed by atoms with Crippen LogP contribution >= 0.6 is 11.3 Å². The number of rotatable bonds is 9. The molecule has 0 fully saturated rings. The van der Waals surface area contributed by atoms with E-state index in [4.69, 9.17) is 10.5 Å². The summed E-state index contributed by atoms with van der Waals surface area (Å²) in [5, 5.41) is 8.65. The van der Waals surface area contributed by atoms with Crippen LogP contribution in [-0.4, -0.2) is 29.0 Å². The molecule has 0 saturated carbocycles. The average Bonchev–Trinajstić information content (AvgIpc) is 3.38. The monoisotopic (exact) mass is 488 g/mol. The number of hydrogen-bond acceptors (Lipinski definition) is 7. The van der Waals surface area contributed by atoms with E-state index in [0.29, 0.717) is 29.6 Å². The maximum Gasteiger partial charge on any atom is 0.312 e. The minimum absolute atomic E-state index is 0.151. The lowest BCUT2D eigenvalue weighted by molar-refractivity contribution is 0.0955. The highest BCUT2D eigenvalue weighted by molar-refractivity contribution is 7.17. The van der Waals surface area contributed by atoms with Crippen LogP contribution in [0.3, 0.4) is 0 Å². The summed E-state index contributed by atoms with van der Waals surface area (Å²) in [7, 11) is 1.61. The number of carbonyl (C=O) groups excluding carboxylic acids is 2. The van der Waals surface area contributed by atoms with Gasteiger partial charge >= 0.3 is 6.03 Å². The summed E-state index contributed by atoms with van der Waals surface area (Å²) >= 11 is 1.36. The number of amides is 3. The molecule has 2 aromatic heterocycles. The first-order valence-corrected chi connectivity index (χ1v) is 11.6. The van der Waals surface area contributed by atoms with Crippen LogP contribution in [0.1, 0.15) is 20.8 Å². The van der Waals surface area contributed by atoms with E-state index in [2.05, 4.69) is 25.9 Å². The van der Waals surface area contributed by atoms with Crippen LogP contribution in [0.25, 0.3) is 10.6 Å². The Kier molecular flexibility index (Phi) is 7.53. The van der Waals surface area contributed by atoms with Gasteiger partial charge in [-0.15, -0.1) is 11.3 Å². The van der Waals surface area contributed by atoms with E-state index in [-0.39, 0.29) is 5.91 Å². The Morgan fingerprint density at radius 2 is 1.77 bits per heavy atom. The van der Waals surface area contributed by atoms with Crippen molar-refractivity contribution in [3.8, 4) is 16.3 Å². The van der Waals surface area contributed by atoms with Crippen LogP contribution in [0, 0.1) is 0 Å². The Hall–Kier alpha value is -4.44. The quantitative estimate of drug-likeness (QED) is 0.281. The SMILES string of the molecule is COc1cccc(CNC(=O)c2ccc(-c3ccnc(Nc4ccc(CNC(N)=O)cc4)n3)s2)c1. The van der Waals surface area contributed by atoms with E-state index in [1.807, 2.05) is 54.6 Å². The molecule has 4 aromatic rings. The molecule has 35 heavy (non-hydrogen) atoms. The van der Waals surface area contributed by atoms with Crippen LogP contribution < -0.4 is 26.4 Å². The van der Waals surface area contributed by atoms with Gasteiger partial charge in [-0.05, 0) is 53.6 Å². The van der Waals surface area contributed by atoms with E-state index in [9.17, 15) is 9.59 Å². The summed E-state index contributed by atoms with van der Waals surface area (Å²) < 4.78 is 5.22. The minimum atomic E-state index is -0.566. The van der Waals surface area contributed by atoms with Gasteiger partial charge in [0.25, 0.3) is 5.91 Å². The molecule has 0 radical (unpaired) electrons. The van der Waals surface area contributed by atoms with Gasteiger partial charge in [0.2, 0.25) is 5.95 Å². The van der Waals surface area contributed by atoms with Crippen LogP contribution in [-0.2, 0) is 13.1 Å². The lowest BCUT2D eigenvalue weighted by atomic mass is 10.2. The van der Waals surface area contributed by atoms with Crippen molar-refractivity contribution in [1.29, 1.82) is 0 Å². The van der Waals surface area contributed by atoms with Gasteiger partial charge < -0.3 is 26.4 Å². The van der Waals surface area contributed by atoms with Crippen molar-refractivity contribution in [2.45, 2.75) is 13.1 Å². The zero-order valence-electron chi connectivity index (χ0n) is 18.9. The van der Waals surface area contributed by atoms with Gasteiger partial charge in [-0.1, -0.05) is 24.3 Å². The lowest BCUT2D eigenvalue weighted by Gasteiger charge is -2.07. The molecule has 5 N–H and O–H groups in total. The second kappa shape index (κ2) is 11.1. The normalized spacial score (nSPS) is 10.4. The molecule has 178 valence electrons. The third-order valence-corrected chi connectivity index (χ3v) is 6.11. The summed E-state index contributed by atoms with van der Waals surface area (Å²) in [6, 6.07) is 19.9. The highest BCUT2D eigenvalue weighted by atomic mass is 32.1. The predicted octanol–water partition coefficient (Wildman–Crippen LogP) is 4.06. The number of urea groups is 1. The lowest BCUT2D eigenvalue weighted by Crippen LogP contribution is -2.28. The number of hydrogen-bond donors (Lipinski definition) is 4. The highest BCUT2D eigenvalue weighted by Crippen LogP contribution is 2.27. The molecule has 3 amide bonds. The zero-order valence-corrected chi connectivity index (χ0v) is 19.8. The van der Waals surface area contributed by atoms with E-state index < -0.39 is 6.03 Å². The van der Waals surface area contributed by atoms with Gasteiger partial charge in [0.05, 0.1) is 22.6 Å².